The van der Waals surface area contributed by atoms with Gasteiger partial charge in [-0.05, 0) is 48.5 Å². The van der Waals surface area contributed by atoms with Gasteiger partial charge in [-0.15, -0.1) is 12.6 Å². The number of rotatable bonds is 3. The summed E-state index contributed by atoms with van der Waals surface area (Å²) in [6.07, 6.45) is 0. The Labute approximate surface area is 122 Å². The van der Waals surface area contributed by atoms with Gasteiger partial charge in [-0.1, -0.05) is 31.2 Å². The largest absolute Gasteiger partial charge is 0.310 e. The first kappa shape index (κ1) is 15.5. The molecule has 0 spiro atoms. The van der Waals surface area contributed by atoms with Crippen LogP contribution in [0.1, 0.15) is 0 Å². The van der Waals surface area contributed by atoms with E-state index in [-0.39, 0.29) is 0 Å². The van der Waals surface area contributed by atoms with Crippen molar-refractivity contribution in [3.63, 3.8) is 0 Å². The van der Waals surface area contributed by atoms with Gasteiger partial charge in [0.15, 0.2) is 0 Å². The first-order chi connectivity index (χ1) is 8.94. The standard InChI is InChI=1S/C12H9F5S3/c13-20(14,15,16,17)12-7-5-11(6-8-12)19-10-3-1-9(18)2-4-10/h1-8,18H. The molecule has 20 heavy (non-hydrogen) atoms. The molecule has 0 aliphatic heterocycles. The SMILES string of the molecule is FS(F)(F)(F)(F)c1ccc(Sc2ccc(S)cc2)cc1. The lowest BCUT2D eigenvalue weighted by Crippen LogP contribution is -2.05. The number of hydrogen-bond donors (Lipinski definition) is 1. The lowest BCUT2D eigenvalue weighted by molar-refractivity contribution is 0.364. The van der Waals surface area contributed by atoms with Crippen LogP contribution in [0.3, 0.4) is 0 Å². The van der Waals surface area contributed by atoms with E-state index in [4.69, 9.17) is 0 Å². The zero-order valence-electron chi connectivity index (χ0n) is 9.77. The van der Waals surface area contributed by atoms with Gasteiger partial charge in [-0.25, -0.2) is 0 Å². The van der Waals surface area contributed by atoms with Crippen LogP contribution in [0.5, 0.6) is 0 Å². The van der Waals surface area contributed by atoms with Crippen molar-refractivity contribution in [2.45, 2.75) is 19.6 Å². The Kier molecular flexibility index (Phi) is 3.35. The van der Waals surface area contributed by atoms with Gasteiger partial charge in [0.1, 0.15) is 4.90 Å². The summed E-state index contributed by atoms with van der Waals surface area (Å²) in [5.41, 5.74) is 0. The van der Waals surface area contributed by atoms with Gasteiger partial charge in [-0.3, -0.25) is 0 Å². The van der Waals surface area contributed by atoms with Crippen LogP contribution in [-0.4, -0.2) is 0 Å². The summed E-state index contributed by atoms with van der Waals surface area (Å²) in [7, 11) is -9.58. The lowest BCUT2D eigenvalue weighted by Gasteiger charge is -2.40. The maximum Gasteiger partial charge on any atom is 0.310 e. The average molecular weight is 344 g/mol. The molecule has 0 aliphatic rings. The van der Waals surface area contributed by atoms with Gasteiger partial charge in [0, 0.05) is 14.7 Å². The van der Waals surface area contributed by atoms with E-state index in [0.29, 0.717) is 17.0 Å². The summed E-state index contributed by atoms with van der Waals surface area (Å²) < 4.78 is 62.7. The molecule has 8 heteroatoms. The zero-order valence-corrected chi connectivity index (χ0v) is 12.3. The number of thiol groups is 1. The minimum Gasteiger partial charge on any atom is -0.143 e. The fourth-order valence-corrected chi connectivity index (χ4v) is 3.03. The monoisotopic (exact) mass is 344 g/mol. The number of benzene rings is 2. The molecule has 0 N–H and O–H groups in total. The second-order valence-corrected chi connectivity index (χ2v) is 8.11. The van der Waals surface area contributed by atoms with E-state index in [2.05, 4.69) is 12.6 Å². The van der Waals surface area contributed by atoms with Crippen molar-refractivity contribution in [1.82, 2.24) is 0 Å². The number of hydrogen-bond acceptors (Lipinski definition) is 2. The van der Waals surface area contributed by atoms with E-state index in [1.807, 2.05) is 0 Å². The van der Waals surface area contributed by atoms with Crippen molar-refractivity contribution in [3.8, 4) is 0 Å². The molecule has 0 aromatic heterocycles. The minimum atomic E-state index is -9.58. The molecule has 2 aromatic carbocycles. The van der Waals surface area contributed by atoms with Gasteiger partial charge in [0.25, 0.3) is 0 Å². The maximum atomic E-state index is 12.5. The molecule has 2 rings (SSSR count). The van der Waals surface area contributed by atoms with Crippen LogP contribution in [0, 0.1) is 0 Å². The Morgan fingerprint density at radius 2 is 1.10 bits per heavy atom. The van der Waals surface area contributed by atoms with E-state index < -0.39 is 15.1 Å². The van der Waals surface area contributed by atoms with E-state index in [0.717, 1.165) is 21.9 Å². The third-order valence-corrected chi connectivity index (χ3v) is 4.82. The minimum absolute atomic E-state index is 0.414. The molecule has 0 heterocycles. The van der Waals surface area contributed by atoms with E-state index in [1.165, 1.54) is 11.8 Å². The van der Waals surface area contributed by atoms with Crippen LogP contribution in [0.15, 0.2) is 68.1 Å². The fourth-order valence-electron chi connectivity index (χ4n) is 1.42. The first-order valence-corrected chi connectivity index (χ1v) is 8.47. The molecule has 0 aliphatic carbocycles. The van der Waals surface area contributed by atoms with Gasteiger partial charge in [-0.2, -0.15) is 0 Å². The zero-order chi connectivity index (χ0) is 15.1. The molecule has 0 nitrogen and oxygen atoms in total. The Balaban J connectivity index is 2.24. The van der Waals surface area contributed by atoms with Gasteiger partial charge >= 0.3 is 10.2 Å². The van der Waals surface area contributed by atoms with Crippen molar-refractivity contribution < 1.29 is 19.4 Å². The highest BCUT2D eigenvalue weighted by molar-refractivity contribution is 8.45. The van der Waals surface area contributed by atoms with Crippen molar-refractivity contribution in [2.75, 3.05) is 0 Å². The predicted molar refractivity (Wildman–Crippen MR) is 75.7 cm³/mol. The van der Waals surface area contributed by atoms with Crippen LogP contribution in [0.4, 0.5) is 19.4 Å². The number of halogens is 5. The van der Waals surface area contributed by atoms with Crippen molar-refractivity contribution >= 4 is 34.6 Å². The Bertz CT molecular complexity index is 617. The molecular formula is C12H9F5S3. The van der Waals surface area contributed by atoms with Crippen LogP contribution >= 0.6 is 34.6 Å². The quantitative estimate of drug-likeness (QED) is 0.473. The smallest absolute Gasteiger partial charge is 0.143 e. The van der Waals surface area contributed by atoms with E-state index in [1.54, 1.807) is 24.3 Å². The average Bonchev–Trinajstić information content (AvgIpc) is 2.30. The molecule has 0 atom stereocenters. The molecule has 2 aromatic rings. The van der Waals surface area contributed by atoms with Crippen LogP contribution in [-0.2, 0) is 0 Å². The fraction of sp³-hybridized carbons (Fsp3) is 0. The second-order valence-electron chi connectivity index (χ2n) is 4.04. The van der Waals surface area contributed by atoms with Crippen molar-refractivity contribution in [1.29, 1.82) is 0 Å². The first-order valence-electron chi connectivity index (χ1n) is 5.25. The summed E-state index contributed by atoms with van der Waals surface area (Å²) in [4.78, 5) is 0.107. The molecule has 0 bridgehead atoms. The topological polar surface area (TPSA) is 0 Å². The third-order valence-electron chi connectivity index (χ3n) is 2.34. The highest BCUT2D eigenvalue weighted by atomic mass is 32.5. The van der Waals surface area contributed by atoms with Gasteiger partial charge in [0.05, 0.1) is 0 Å². The molecular weight excluding hydrogens is 335 g/mol. The Morgan fingerprint density at radius 1 is 0.700 bits per heavy atom. The lowest BCUT2D eigenvalue weighted by atomic mass is 10.4. The summed E-state index contributed by atoms with van der Waals surface area (Å²) >= 11 is 5.29. The third kappa shape index (κ3) is 4.07. The molecule has 0 saturated heterocycles. The second kappa shape index (κ2) is 4.32. The van der Waals surface area contributed by atoms with Crippen molar-refractivity contribution in [2.24, 2.45) is 0 Å². The molecule has 0 amide bonds. The van der Waals surface area contributed by atoms with E-state index in [9.17, 15) is 19.4 Å². The van der Waals surface area contributed by atoms with Crippen molar-refractivity contribution in [3.05, 3.63) is 48.5 Å². The molecule has 110 valence electrons. The van der Waals surface area contributed by atoms with Gasteiger partial charge in [0.2, 0.25) is 0 Å². The summed E-state index contributed by atoms with van der Waals surface area (Å²) in [5, 5.41) is 0. The van der Waals surface area contributed by atoms with E-state index >= 15 is 0 Å². The molecule has 0 radical (unpaired) electrons. The highest BCUT2D eigenvalue weighted by Crippen LogP contribution is 3.02. The molecule has 0 unspecified atom stereocenters. The summed E-state index contributed by atoms with van der Waals surface area (Å²) in [6, 6.07) is 9.84. The van der Waals surface area contributed by atoms with Gasteiger partial charge < -0.3 is 0 Å². The van der Waals surface area contributed by atoms with Crippen LogP contribution < -0.4 is 0 Å². The molecule has 0 fully saturated rings. The van der Waals surface area contributed by atoms with Crippen LogP contribution in [0.25, 0.3) is 0 Å². The highest BCUT2D eigenvalue weighted by Gasteiger charge is 2.65. The maximum absolute atomic E-state index is 12.5. The normalized spacial score (nSPS) is 15.5. The summed E-state index contributed by atoms with van der Waals surface area (Å²) in [5.74, 6) is 0. The Morgan fingerprint density at radius 3 is 1.50 bits per heavy atom. The summed E-state index contributed by atoms with van der Waals surface area (Å²) in [6.45, 7) is 0. The molecule has 0 saturated carbocycles. The van der Waals surface area contributed by atoms with Crippen LogP contribution in [0.2, 0.25) is 0 Å². The predicted octanol–water partition coefficient (Wildman–Crippen LogP) is 6.78. The Hall–Kier alpha value is -0.860.